The molecule has 0 amide bonds. The lowest BCUT2D eigenvalue weighted by Gasteiger charge is -2.09. The van der Waals surface area contributed by atoms with Gasteiger partial charge in [-0.15, -0.1) is 5.10 Å². The standard InChI is InChI=1S/C27H20N6O3S/c1-35-21-11-10-17(13-22(21)36-2)24-19(16-32(30-24)20-8-4-3-5-9-20)14-23-26(34)33-27(37-23)29-25(31-33)18-7-6-12-28-15-18/h3-16H,1-2H3. The van der Waals surface area contributed by atoms with Gasteiger partial charge in [0.15, 0.2) is 17.3 Å². The number of hydrogen-bond acceptors (Lipinski definition) is 8. The third-order valence-electron chi connectivity index (χ3n) is 5.81. The molecule has 37 heavy (non-hydrogen) atoms. The number of rotatable bonds is 6. The molecule has 0 N–H and O–H groups in total. The molecule has 0 radical (unpaired) electrons. The zero-order chi connectivity index (χ0) is 25.4. The zero-order valence-corrected chi connectivity index (χ0v) is 20.7. The topological polar surface area (TPSA) is 96.4 Å². The average Bonchev–Trinajstić information content (AvgIpc) is 3.64. The van der Waals surface area contributed by atoms with E-state index in [1.54, 1.807) is 31.3 Å². The fourth-order valence-electron chi connectivity index (χ4n) is 4.01. The third-order valence-corrected chi connectivity index (χ3v) is 6.77. The Bertz CT molecular complexity index is 1830. The molecule has 0 saturated heterocycles. The van der Waals surface area contributed by atoms with E-state index in [-0.39, 0.29) is 5.56 Å². The van der Waals surface area contributed by atoms with Crippen LogP contribution >= 0.6 is 11.3 Å². The van der Waals surface area contributed by atoms with Crippen LogP contribution < -0.4 is 19.6 Å². The Morgan fingerprint density at radius 3 is 2.49 bits per heavy atom. The first-order chi connectivity index (χ1) is 18.1. The van der Waals surface area contributed by atoms with Gasteiger partial charge in [0.2, 0.25) is 4.96 Å². The number of pyridine rings is 1. The SMILES string of the molecule is COc1ccc(-c2nn(-c3ccccc3)cc2C=c2sc3nc(-c4cccnc4)nn3c2=O)cc1OC. The van der Waals surface area contributed by atoms with Gasteiger partial charge in [0.05, 0.1) is 24.4 Å². The van der Waals surface area contributed by atoms with Gasteiger partial charge >= 0.3 is 0 Å². The highest BCUT2D eigenvalue weighted by Gasteiger charge is 2.16. The first-order valence-electron chi connectivity index (χ1n) is 11.3. The van der Waals surface area contributed by atoms with Crippen molar-refractivity contribution in [2.75, 3.05) is 14.2 Å². The molecule has 6 aromatic rings. The van der Waals surface area contributed by atoms with Crippen LogP contribution in [0.4, 0.5) is 0 Å². The van der Waals surface area contributed by atoms with Gasteiger partial charge in [0.25, 0.3) is 5.56 Å². The van der Waals surface area contributed by atoms with Crippen molar-refractivity contribution in [3.05, 3.63) is 99.7 Å². The molecule has 0 aliphatic rings. The predicted octanol–water partition coefficient (Wildman–Crippen LogP) is 3.63. The summed E-state index contributed by atoms with van der Waals surface area (Å²) in [6.45, 7) is 0. The second kappa shape index (κ2) is 9.32. The Morgan fingerprint density at radius 2 is 1.76 bits per heavy atom. The number of methoxy groups -OCH3 is 2. The Kier molecular flexibility index (Phi) is 5.70. The highest BCUT2D eigenvalue weighted by molar-refractivity contribution is 7.15. The van der Waals surface area contributed by atoms with Gasteiger partial charge in [0, 0.05) is 35.3 Å². The van der Waals surface area contributed by atoms with Crippen molar-refractivity contribution in [2.45, 2.75) is 0 Å². The molecule has 9 nitrogen and oxygen atoms in total. The van der Waals surface area contributed by atoms with E-state index in [1.807, 2.05) is 72.9 Å². The molecule has 10 heteroatoms. The lowest BCUT2D eigenvalue weighted by Crippen LogP contribution is -2.23. The van der Waals surface area contributed by atoms with Crippen LogP contribution in [0.5, 0.6) is 11.5 Å². The molecular weight excluding hydrogens is 488 g/mol. The molecule has 2 aromatic carbocycles. The first-order valence-corrected chi connectivity index (χ1v) is 12.2. The van der Waals surface area contributed by atoms with Gasteiger partial charge in [-0.2, -0.15) is 14.6 Å². The van der Waals surface area contributed by atoms with Crippen LogP contribution in [0.25, 0.3) is 39.4 Å². The van der Waals surface area contributed by atoms with E-state index in [1.165, 1.54) is 15.9 Å². The van der Waals surface area contributed by atoms with Crippen molar-refractivity contribution >= 4 is 22.4 Å². The van der Waals surface area contributed by atoms with Crippen LogP contribution in [0.2, 0.25) is 0 Å². The lowest BCUT2D eigenvalue weighted by atomic mass is 10.1. The van der Waals surface area contributed by atoms with Crippen molar-refractivity contribution in [3.8, 4) is 39.8 Å². The maximum atomic E-state index is 13.2. The van der Waals surface area contributed by atoms with Gasteiger partial charge in [-0.1, -0.05) is 29.5 Å². The predicted molar refractivity (Wildman–Crippen MR) is 141 cm³/mol. The van der Waals surface area contributed by atoms with E-state index >= 15 is 0 Å². The van der Waals surface area contributed by atoms with Crippen LogP contribution in [0, 0.1) is 0 Å². The van der Waals surface area contributed by atoms with Gasteiger partial charge in [-0.05, 0) is 48.5 Å². The highest BCUT2D eigenvalue weighted by atomic mass is 32.1. The smallest absolute Gasteiger partial charge is 0.291 e. The number of benzene rings is 2. The van der Waals surface area contributed by atoms with Crippen LogP contribution in [0.3, 0.4) is 0 Å². The number of nitrogens with zero attached hydrogens (tertiary/aromatic N) is 6. The summed E-state index contributed by atoms with van der Waals surface area (Å²) in [5, 5.41) is 9.26. The van der Waals surface area contributed by atoms with E-state index in [4.69, 9.17) is 14.6 Å². The largest absolute Gasteiger partial charge is 0.493 e. The van der Waals surface area contributed by atoms with Gasteiger partial charge in [-0.3, -0.25) is 9.78 Å². The summed E-state index contributed by atoms with van der Waals surface area (Å²) in [4.78, 5) is 22.4. The van der Waals surface area contributed by atoms with Crippen molar-refractivity contribution in [1.29, 1.82) is 0 Å². The Hall–Kier alpha value is -4.83. The Labute approximate surface area is 214 Å². The molecule has 6 rings (SSSR count). The van der Waals surface area contributed by atoms with Crippen molar-refractivity contribution in [2.24, 2.45) is 0 Å². The second-order valence-electron chi connectivity index (χ2n) is 8.07. The van der Waals surface area contributed by atoms with Gasteiger partial charge < -0.3 is 9.47 Å². The average molecular weight is 509 g/mol. The molecule has 0 spiro atoms. The number of thiazole rings is 1. The summed E-state index contributed by atoms with van der Waals surface area (Å²) in [6, 6.07) is 19.1. The molecule has 0 unspecified atom stereocenters. The zero-order valence-electron chi connectivity index (χ0n) is 19.9. The first kappa shape index (κ1) is 22.6. The summed E-state index contributed by atoms with van der Waals surface area (Å²) in [5.74, 6) is 1.67. The minimum Gasteiger partial charge on any atom is -0.493 e. The number of fused-ring (bicyclic) bond motifs is 1. The fraction of sp³-hybridized carbons (Fsp3) is 0.0741. The molecule has 0 atom stereocenters. The van der Waals surface area contributed by atoms with Crippen LogP contribution in [-0.4, -0.2) is 43.6 Å². The van der Waals surface area contributed by atoms with Gasteiger partial charge in [0.1, 0.15) is 5.69 Å². The second-order valence-corrected chi connectivity index (χ2v) is 9.08. The molecule has 0 aliphatic carbocycles. The Balaban J connectivity index is 1.50. The molecule has 0 aliphatic heterocycles. The lowest BCUT2D eigenvalue weighted by molar-refractivity contribution is 0.355. The molecule has 4 heterocycles. The summed E-state index contributed by atoms with van der Waals surface area (Å²) >= 11 is 1.28. The van der Waals surface area contributed by atoms with Crippen molar-refractivity contribution < 1.29 is 9.47 Å². The van der Waals surface area contributed by atoms with E-state index in [0.717, 1.165) is 22.4 Å². The van der Waals surface area contributed by atoms with E-state index in [2.05, 4.69) is 15.1 Å². The minimum atomic E-state index is -0.242. The molecule has 4 aromatic heterocycles. The monoisotopic (exact) mass is 508 g/mol. The molecule has 0 fully saturated rings. The third kappa shape index (κ3) is 4.13. The Morgan fingerprint density at radius 1 is 0.919 bits per heavy atom. The maximum absolute atomic E-state index is 13.2. The maximum Gasteiger partial charge on any atom is 0.291 e. The molecule has 182 valence electrons. The quantitative estimate of drug-likeness (QED) is 0.339. The normalized spacial score (nSPS) is 11.8. The number of ether oxygens (including phenoxy) is 2. The fourth-order valence-corrected chi connectivity index (χ4v) is 4.90. The van der Waals surface area contributed by atoms with Crippen molar-refractivity contribution in [1.82, 2.24) is 29.4 Å². The molecule has 0 saturated carbocycles. The summed E-state index contributed by atoms with van der Waals surface area (Å²) in [6.07, 6.45) is 7.08. The van der Waals surface area contributed by atoms with E-state index in [0.29, 0.717) is 32.5 Å². The van der Waals surface area contributed by atoms with Crippen LogP contribution in [0.15, 0.2) is 84.0 Å². The summed E-state index contributed by atoms with van der Waals surface area (Å²) in [7, 11) is 3.19. The summed E-state index contributed by atoms with van der Waals surface area (Å²) < 4.78 is 14.5. The summed E-state index contributed by atoms with van der Waals surface area (Å²) in [5.41, 5.74) is 3.69. The van der Waals surface area contributed by atoms with Crippen molar-refractivity contribution in [3.63, 3.8) is 0 Å². The van der Waals surface area contributed by atoms with E-state index < -0.39 is 0 Å². The van der Waals surface area contributed by atoms with Crippen LogP contribution in [0.1, 0.15) is 5.56 Å². The van der Waals surface area contributed by atoms with Crippen LogP contribution in [-0.2, 0) is 0 Å². The van der Waals surface area contributed by atoms with Gasteiger partial charge in [-0.25, -0.2) is 4.68 Å². The van der Waals surface area contributed by atoms with E-state index in [9.17, 15) is 4.79 Å². The number of aromatic nitrogens is 6. The number of para-hydroxylation sites is 1. The minimum absolute atomic E-state index is 0.242. The number of hydrogen-bond donors (Lipinski definition) is 0. The highest BCUT2D eigenvalue weighted by Crippen LogP contribution is 2.33. The molecule has 0 bridgehead atoms. The molecular formula is C27H20N6O3S.